The second-order valence-corrected chi connectivity index (χ2v) is 13.8. The second-order valence-electron chi connectivity index (χ2n) is 13.8. The van der Waals surface area contributed by atoms with Crippen molar-refractivity contribution in [3.8, 4) is 39.8 Å². The molecule has 1 fully saturated rings. The monoisotopic (exact) mass is 675 g/mol. The van der Waals surface area contributed by atoms with E-state index in [2.05, 4.69) is 41.5 Å². The molecule has 50 heavy (non-hydrogen) atoms. The number of likely N-dealkylation sites (tertiary alicyclic amines) is 1. The maximum absolute atomic E-state index is 12.9. The lowest BCUT2D eigenvalue weighted by Crippen LogP contribution is -2.35. The van der Waals surface area contributed by atoms with Gasteiger partial charge in [0.2, 0.25) is 0 Å². The van der Waals surface area contributed by atoms with E-state index in [0.29, 0.717) is 67.3 Å². The van der Waals surface area contributed by atoms with E-state index in [1.165, 1.54) is 5.56 Å². The predicted octanol–water partition coefficient (Wildman–Crippen LogP) is 8.48. The van der Waals surface area contributed by atoms with Crippen LogP contribution in [0.2, 0.25) is 0 Å². The van der Waals surface area contributed by atoms with E-state index in [4.69, 9.17) is 18.9 Å². The first kappa shape index (κ1) is 34.5. The molecule has 5 aromatic rings. The molecule has 0 saturated carbocycles. The summed E-state index contributed by atoms with van der Waals surface area (Å²) in [6.45, 7) is 11.6. The average Bonchev–Trinajstić information content (AvgIpc) is 3.80. The molecule has 260 valence electrons. The summed E-state index contributed by atoms with van der Waals surface area (Å²) in [5, 5.41) is 13.1. The van der Waals surface area contributed by atoms with Gasteiger partial charge in [0.15, 0.2) is 5.82 Å². The van der Waals surface area contributed by atoms with Crippen LogP contribution in [-0.4, -0.2) is 57.0 Å². The van der Waals surface area contributed by atoms with Crippen molar-refractivity contribution >= 4 is 6.09 Å². The lowest BCUT2D eigenvalue weighted by atomic mass is 9.94. The van der Waals surface area contributed by atoms with Crippen molar-refractivity contribution in [1.29, 1.82) is 0 Å². The molecule has 0 aliphatic carbocycles. The molecule has 4 aromatic carbocycles. The highest BCUT2D eigenvalue weighted by molar-refractivity contribution is 5.83. The van der Waals surface area contributed by atoms with Gasteiger partial charge in [-0.15, -0.1) is 5.10 Å². The number of nitrogens with zero attached hydrogens (tertiary/aromatic N) is 5. The lowest BCUT2D eigenvalue weighted by Gasteiger charge is -2.24. The molecular formula is C40H45N5O5. The van der Waals surface area contributed by atoms with E-state index < -0.39 is 5.60 Å². The highest BCUT2D eigenvalue weighted by atomic mass is 16.6. The SMILES string of the molecule is COc1ccc(C(C)C)cc1-c1cc(-c2nnnn2C2CCN(C(=O)OC(C)(C)C)C2)c(OCc2ccccc2)cc1OCc1ccccc1. The number of hydrogen-bond acceptors (Lipinski definition) is 8. The van der Waals surface area contributed by atoms with Gasteiger partial charge in [0.1, 0.15) is 36.1 Å². The number of carbonyl (C=O) groups is 1. The lowest BCUT2D eigenvalue weighted by molar-refractivity contribution is 0.0288. The fourth-order valence-corrected chi connectivity index (χ4v) is 6.00. The molecule has 1 amide bonds. The number of aromatic nitrogens is 4. The third-order valence-corrected chi connectivity index (χ3v) is 8.63. The van der Waals surface area contributed by atoms with Crippen molar-refractivity contribution in [3.63, 3.8) is 0 Å². The second kappa shape index (κ2) is 15.0. The Balaban J connectivity index is 1.46. The molecule has 10 nitrogen and oxygen atoms in total. The van der Waals surface area contributed by atoms with Gasteiger partial charge in [0, 0.05) is 30.3 Å². The van der Waals surface area contributed by atoms with Gasteiger partial charge in [-0.1, -0.05) is 80.6 Å². The highest BCUT2D eigenvalue weighted by Gasteiger charge is 2.33. The molecule has 6 rings (SSSR count). The number of carbonyl (C=O) groups excluding carboxylic acids is 1. The normalized spacial score (nSPS) is 14.5. The zero-order chi connectivity index (χ0) is 35.3. The summed E-state index contributed by atoms with van der Waals surface area (Å²) in [4.78, 5) is 14.7. The van der Waals surface area contributed by atoms with Crippen molar-refractivity contribution in [1.82, 2.24) is 25.1 Å². The summed E-state index contributed by atoms with van der Waals surface area (Å²) < 4.78 is 26.5. The molecule has 1 aromatic heterocycles. The van der Waals surface area contributed by atoms with Crippen LogP contribution in [0.4, 0.5) is 4.79 Å². The first-order valence-electron chi connectivity index (χ1n) is 17.1. The maximum atomic E-state index is 12.9. The Hall–Kier alpha value is -5.38. The Labute approximate surface area is 293 Å². The Morgan fingerprint density at radius 3 is 2.04 bits per heavy atom. The number of hydrogen-bond donors (Lipinski definition) is 0. The minimum atomic E-state index is -0.588. The van der Waals surface area contributed by atoms with Gasteiger partial charge in [-0.2, -0.15) is 0 Å². The molecule has 0 N–H and O–H groups in total. The molecule has 2 heterocycles. The van der Waals surface area contributed by atoms with Crippen molar-refractivity contribution < 1.29 is 23.7 Å². The average molecular weight is 676 g/mol. The van der Waals surface area contributed by atoms with Gasteiger partial charge in [-0.05, 0) is 78.4 Å². The number of methoxy groups -OCH3 is 1. The standard InChI is InChI=1S/C40H45N5O5/c1-27(2)30-17-18-35(47-6)32(21-30)33-22-34(38-41-42-43-45(38)31-19-20-44(24-31)39(46)50-40(3,4)5)37(49-26-29-15-11-8-12-16-29)23-36(33)48-25-28-13-9-7-10-14-28/h7-18,21-23,27,31H,19-20,24-26H2,1-6H3. The summed E-state index contributed by atoms with van der Waals surface area (Å²) in [6.07, 6.45) is 0.327. The molecule has 10 heteroatoms. The van der Waals surface area contributed by atoms with Crippen LogP contribution in [-0.2, 0) is 18.0 Å². The minimum Gasteiger partial charge on any atom is -0.496 e. The third kappa shape index (κ3) is 8.07. The number of ether oxygens (including phenoxy) is 4. The number of rotatable bonds is 11. The summed E-state index contributed by atoms with van der Waals surface area (Å²) in [5.41, 5.74) is 5.03. The molecule has 1 aliphatic heterocycles. The molecule has 0 bridgehead atoms. The number of tetrazole rings is 1. The van der Waals surface area contributed by atoms with Crippen LogP contribution in [0, 0.1) is 0 Å². The van der Waals surface area contributed by atoms with E-state index in [1.807, 2.05) is 99.6 Å². The molecule has 0 radical (unpaired) electrons. The van der Waals surface area contributed by atoms with E-state index in [9.17, 15) is 4.79 Å². The first-order chi connectivity index (χ1) is 24.1. The Morgan fingerprint density at radius 1 is 0.820 bits per heavy atom. The van der Waals surface area contributed by atoms with Crippen LogP contribution < -0.4 is 14.2 Å². The van der Waals surface area contributed by atoms with Crippen LogP contribution in [0.5, 0.6) is 17.2 Å². The van der Waals surface area contributed by atoms with Crippen molar-refractivity contribution in [2.45, 2.75) is 71.8 Å². The van der Waals surface area contributed by atoms with Crippen molar-refractivity contribution in [2.24, 2.45) is 0 Å². The van der Waals surface area contributed by atoms with E-state index in [0.717, 1.165) is 22.3 Å². The quantitative estimate of drug-likeness (QED) is 0.137. The molecule has 1 unspecified atom stereocenters. The van der Waals surface area contributed by atoms with Crippen molar-refractivity contribution in [2.75, 3.05) is 20.2 Å². The zero-order valence-electron chi connectivity index (χ0n) is 29.6. The topological polar surface area (TPSA) is 101 Å². The number of amides is 1. The van der Waals surface area contributed by atoms with Gasteiger partial charge in [-0.3, -0.25) is 0 Å². The summed E-state index contributed by atoms with van der Waals surface area (Å²) in [7, 11) is 1.67. The van der Waals surface area contributed by atoms with Gasteiger partial charge in [0.05, 0.1) is 18.7 Å². The predicted molar refractivity (Wildman–Crippen MR) is 192 cm³/mol. The fourth-order valence-electron chi connectivity index (χ4n) is 6.00. The first-order valence-corrected chi connectivity index (χ1v) is 17.1. The third-order valence-electron chi connectivity index (χ3n) is 8.63. The van der Waals surface area contributed by atoms with Crippen LogP contribution in [0.25, 0.3) is 22.5 Å². The Morgan fingerprint density at radius 2 is 1.44 bits per heavy atom. The number of benzene rings is 4. The summed E-state index contributed by atoms with van der Waals surface area (Å²) >= 11 is 0. The Kier molecular flexibility index (Phi) is 10.4. The molecular weight excluding hydrogens is 630 g/mol. The molecule has 0 spiro atoms. The fraction of sp³-hybridized carbons (Fsp3) is 0.350. The summed E-state index contributed by atoms with van der Waals surface area (Å²) in [5.74, 6) is 2.74. The minimum absolute atomic E-state index is 0.161. The van der Waals surface area contributed by atoms with Crippen LogP contribution in [0.3, 0.4) is 0 Å². The van der Waals surface area contributed by atoms with Crippen LogP contribution in [0.1, 0.15) is 69.7 Å². The highest BCUT2D eigenvalue weighted by Crippen LogP contribution is 2.45. The summed E-state index contributed by atoms with van der Waals surface area (Å²) in [6, 6.07) is 30.1. The van der Waals surface area contributed by atoms with Gasteiger partial charge in [-0.25, -0.2) is 9.48 Å². The van der Waals surface area contributed by atoms with Crippen molar-refractivity contribution in [3.05, 3.63) is 108 Å². The van der Waals surface area contributed by atoms with Crippen LogP contribution >= 0.6 is 0 Å². The van der Waals surface area contributed by atoms with Gasteiger partial charge < -0.3 is 23.8 Å². The molecule has 1 saturated heterocycles. The smallest absolute Gasteiger partial charge is 0.410 e. The van der Waals surface area contributed by atoms with E-state index >= 15 is 0 Å². The van der Waals surface area contributed by atoms with Gasteiger partial charge >= 0.3 is 6.09 Å². The van der Waals surface area contributed by atoms with E-state index in [-0.39, 0.29) is 12.1 Å². The molecule has 1 aliphatic rings. The van der Waals surface area contributed by atoms with Crippen LogP contribution in [0.15, 0.2) is 91.0 Å². The van der Waals surface area contributed by atoms with Gasteiger partial charge in [0.25, 0.3) is 0 Å². The van der Waals surface area contributed by atoms with E-state index in [1.54, 1.807) is 16.7 Å². The largest absolute Gasteiger partial charge is 0.496 e. The molecule has 1 atom stereocenters. The Bertz CT molecular complexity index is 1900. The maximum Gasteiger partial charge on any atom is 0.410 e. The zero-order valence-corrected chi connectivity index (χ0v) is 29.6.